The van der Waals surface area contributed by atoms with Gasteiger partial charge in [0.05, 0.1) is 4.90 Å². The average molecular weight is 343 g/mol. The van der Waals surface area contributed by atoms with E-state index in [-0.39, 0.29) is 11.5 Å². The minimum Gasteiger partial charge on any atom is -0.459 e. The van der Waals surface area contributed by atoms with Crippen LogP contribution >= 0.6 is 0 Å². The molecule has 0 bridgehead atoms. The molecule has 0 aliphatic rings. The lowest BCUT2D eigenvalue weighted by Gasteiger charge is -2.09. The summed E-state index contributed by atoms with van der Waals surface area (Å²) < 4.78 is 32.7. The molecule has 0 aliphatic heterocycles. The van der Waals surface area contributed by atoms with Gasteiger partial charge < -0.3 is 9.52 Å². The maximum absolute atomic E-state index is 12.4. The second kappa shape index (κ2) is 6.51. The van der Waals surface area contributed by atoms with Crippen molar-refractivity contribution in [2.24, 2.45) is 0 Å². The zero-order valence-electron chi connectivity index (χ0n) is 13.1. The van der Waals surface area contributed by atoms with Crippen LogP contribution in [0.1, 0.15) is 11.3 Å². The maximum atomic E-state index is 12.4. The highest BCUT2D eigenvalue weighted by molar-refractivity contribution is 7.92. The molecule has 0 saturated carbocycles. The fourth-order valence-corrected chi connectivity index (χ4v) is 3.31. The molecular weight excluding hydrogens is 326 g/mol. The van der Waals surface area contributed by atoms with Gasteiger partial charge in [-0.3, -0.25) is 4.72 Å². The topological polar surface area (TPSA) is 79.5 Å². The molecule has 0 spiro atoms. The molecular formula is C18H17NO4S. The summed E-state index contributed by atoms with van der Waals surface area (Å²) in [4.78, 5) is 0.218. The summed E-state index contributed by atoms with van der Waals surface area (Å²) in [6.45, 7) is 1.74. The van der Waals surface area contributed by atoms with Gasteiger partial charge in [-0.05, 0) is 55.5 Å². The van der Waals surface area contributed by atoms with Gasteiger partial charge in [0.1, 0.15) is 18.1 Å². The Morgan fingerprint density at radius 2 is 1.62 bits per heavy atom. The van der Waals surface area contributed by atoms with E-state index in [1.807, 2.05) is 6.92 Å². The van der Waals surface area contributed by atoms with E-state index in [0.717, 1.165) is 11.1 Å². The molecule has 0 saturated heterocycles. The number of furan rings is 1. The highest BCUT2D eigenvalue weighted by Gasteiger charge is 2.14. The molecule has 0 amide bonds. The van der Waals surface area contributed by atoms with Crippen LogP contribution in [0.25, 0.3) is 11.3 Å². The van der Waals surface area contributed by atoms with Crippen molar-refractivity contribution in [3.8, 4) is 11.3 Å². The monoisotopic (exact) mass is 343 g/mol. The predicted octanol–water partition coefficient (Wildman–Crippen LogP) is 3.55. The van der Waals surface area contributed by atoms with Crippen LogP contribution in [0.4, 0.5) is 5.69 Å². The zero-order valence-corrected chi connectivity index (χ0v) is 13.9. The highest BCUT2D eigenvalue weighted by Crippen LogP contribution is 2.25. The van der Waals surface area contributed by atoms with E-state index in [2.05, 4.69) is 4.72 Å². The lowest BCUT2D eigenvalue weighted by Crippen LogP contribution is -2.12. The molecule has 0 aliphatic carbocycles. The number of aliphatic hydroxyl groups excluding tert-OH is 1. The maximum Gasteiger partial charge on any atom is 0.261 e. The number of hydrogen-bond donors (Lipinski definition) is 2. The summed E-state index contributed by atoms with van der Waals surface area (Å²) >= 11 is 0. The third-order valence-corrected chi connectivity index (χ3v) is 4.97. The number of hydrogen-bond acceptors (Lipinski definition) is 4. The van der Waals surface area contributed by atoms with Crippen LogP contribution < -0.4 is 4.72 Å². The first-order valence-electron chi connectivity index (χ1n) is 7.37. The Morgan fingerprint density at radius 1 is 0.958 bits per heavy atom. The summed E-state index contributed by atoms with van der Waals surface area (Å²) in [7, 11) is -3.61. The van der Waals surface area contributed by atoms with E-state index in [9.17, 15) is 8.42 Å². The Bertz CT molecular complexity index is 926. The van der Waals surface area contributed by atoms with Gasteiger partial charge in [0.15, 0.2) is 0 Å². The van der Waals surface area contributed by atoms with E-state index in [0.29, 0.717) is 17.2 Å². The summed E-state index contributed by atoms with van der Waals surface area (Å²) in [5.41, 5.74) is 2.26. The van der Waals surface area contributed by atoms with Crippen molar-refractivity contribution in [1.82, 2.24) is 0 Å². The Hall–Kier alpha value is -2.57. The zero-order chi connectivity index (χ0) is 17.2. The highest BCUT2D eigenvalue weighted by atomic mass is 32.2. The molecule has 0 atom stereocenters. The lowest BCUT2D eigenvalue weighted by atomic mass is 10.1. The smallest absolute Gasteiger partial charge is 0.261 e. The quantitative estimate of drug-likeness (QED) is 0.742. The first-order chi connectivity index (χ1) is 11.5. The Labute approximate surface area is 140 Å². The second-order valence-electron chi connectivity index (χ2n) is 5.42. The first-order valence-corrected chi connectivity index (χ1v) is 8.86. The SMILES string of the molecule is Cc1ccc(S(=O)(=O)Nc2ccc(-c3ccc(CO)o3)cc2)cc1. The van der Waals surface area contributed by atoms with Gasteiger partial charge in [-0.2, -0.15) is 0 Å². The molecule has 5 nitrogen and oxygen atoms in total. The summed E-state index contributed by atoms with van der Waals surface area (Å²) in [6, 6.07) is 17.0. The van der Waals surface area contributed by atoms with E-state index in [1.165, 1.54) is 0 Å². The van der Waals surface area contributed by atoms with Gasteiger partial charge in [0.2, 0.25) is 0 Å². The van der Waals surface area contributed by atoms with Gasteiger partial charge in [0, 0.05) is 11.3 Å². The van der Waals surface area contributed by atoms with Crippen molar-refractivity contribution in [1.29, 1.82) is 0 Å². The van der Waals surface area contributed by atoms with Crippen molar-refractivity contribution < 1.29 is 17.9 Å². The molecule has 3 rings (SSSR count). The minimum absolute atomic E-state index is 0.158. The van der Waals surface area contributed by atoms with Gasteiger partial charge >= 0.3 is 0 Å². The molecule has 2 N–H and O–H groups in total. The van der Waals surface area contributed by atoms with Gasteiger partial charge in [-0.1, -0.05) is 17.7 Å². The van der Waals surface area contributed by atoms with Gasteiger partial charge in [-0.25, -0.2) is 8.42 Å². The molecule has 3 aromatic rings. The molecule has 6 heteroatoms. The molecule has 124 valence electrons. The standard InChI is InChI=1S/C18H17NO4S/c1-13-2-9-17(10-3-13)24(21,22)19-15-6-4-14(5-7-15)18-11-8-16(12-20)23-18/h2-11,19-20H,12H2,1H3. The van der Waals surface area contributed by atoms with Gasteiger partial charge in [0.25, 0.3) is 10.0 Å². The number of nitrogens with one attached hydrogen (secondary N) is 1. The van der Waals surface area contributed by atoms with Crippen LogP contribution in [0.3, 0.4) is 0 Å². The van der Waals surface area contributed by atoms with Gasteiger partial charge in [-0.15, -0.1) is 0 Å². The molecule has 0 radical (unpaired) electrons. The lowest BCUT2D eigenvalue weighted by molar-refractivity contribution is 0.248. The van der Waals surface area contributed by atoms with Crippen LogP contribution in [0.2, 0.25) is 0 Å². The summed E-state index contributed by atoms with van der Waals surface area (Å²) in [5, 5.41) is 9.02. The largest absolute Gasteiger partial charge is 0.459 e. The van der Waals surface area contributed by atoms with Crippen molar-refractivity contribution in [3.63, 3.8) is 0 Å². The fourth-order valence-electron chi connectivity index (χ4n) is 2.25. The third kappa shape index (κ3) is 3.50. The van der Waals surface area contributed by atoms with Crippen molar-refractivity contribution in [2.75, 3.05) is 4.72 Å². The number of rotatable bonds is 5. The summed E-state index contributed by atoms with van der Waals surface area (Å²) in [5.74, 6) is 1.10. The van der Waals surface area contributed by atoms with Crippen LogP contribution in [0.15, 0.2) is 70.0 Å². The Kier molecular flexibility index (Phi) is 4.42. The molecule has 1 heterocycles. The number of aliphatic hydroxyl groups is 1. The molecule has 0 unspecified atom stereocenters. The van der Waals surface area contributed by atoms with Crippen LogP contribution in [0.5, 0.6) is 0 Å². The molecule has 0 fully saturated rings. The van der Waals surface area contributed by atoms with Crippen molar-refractivity contribution in [3.05, 3.63) is 72.0 Å². The Balaban J connectivity index is 1.79. The molecule has 24 heavy (non-hydrogen) atoms. The Morgan fingerprint density at radius 3 is 2.21 bits per heavy atom. The van der Waals surface area contributed by atoms with E-state index in [1.54, 1.807) is 60.7 Å². The van der Waals surface area contributed by atoms with Crippen molar-refractivity contribution >= 4 is 15.7 Å². The van der Waals surface area contributed by atoms with Crippen molar-refractivity contribution in [2.45, 2.75) is 18.4 Å². The average Bonchev–Trinajstić information content (AvgIpc) is 3.05. The van der Waals surface area contributed by atoms with E-state index >= 15 is 0 Å². The number of anilines is 1. The molecule has 1 aromatic heterocycles. The number of sulfonamides is 1. The fraction of sp³-hybridized carbons (Fsp3) is 0.111. The molecule has 2 aromatic carbocycles. The van der Waals surface area contributed by atoms with Crippen LogP contribution in [0, 0.1) is 6.92 Å². The van der Waals surface area contributed by atoms with Crippen LogP contribution in [-0.4, -0.2) is 13.5 Å². The minimum atomic E-state index is -3.61. The summed E-state index contributed by atoms with van der Waals surface area (Å²) in [6.07, 6.45) is 0. The first kappa shape index (κ1) is 16.3. The van der Waals surface area contributed by atoms with Crippen LogP contribution in [-0.2, 0) is 16.6 Å². The third-order valence-electron chi connectivity index (χ3n) is 3.57. The normalized spacial score (nSPS) is 11.4. The second-order valence-corrected chi connectivity index (χ2v) is 7.10. The van der Waals surface area contributed by atoms with E-state index < -0.39 is 10.0 Å². The number of benzene rings is 2. The predicted molar refractivity (Wildman–Crippen MR) is 92.1 cm³/mol. The van der Waals surface area contributed by atoms with E-state index in [4.69, 9.17) is 9.52 Å². The number of aryl methyl sites for hydroxylation is 1.